The number of aromatic nitrogens is 2. The summed E-state index contributed by atoms with van der Waals surface area (Å²) < 4.78 is 0. The number of nitrogens with one attached hydrogen (secondary N) is 1. The number of likely N-dealkylation sites (tertiary alicyclic amines) is 1. The molecule has 1 aliphatic rings. The molecule has 0 spiro atoms. The van der Waals surface area contributed by atoms with Gasteiger partial charge in [0.15, 0.2) is 0 Å². The lowest BCUT2D eigenvalue weighted by molar-refractivity contribution is 0.0820. The smallest absolute Gasteiger partial charge is 0.323 e. The number of aliphatic hydroxyl groups excluding tert-OH is 1. The van der Waals surface area contributed by atoms with Crippen LogP contribution in [0, 0.1) is 5.92 Å². The second-order valence-corrected chi connectivity index (χ2v) is 7.02. The average Bonchev–Trinajstić information content (AvgIpc) is 2.95. The number of urea groups is 1. The van der Waals surface area contributed by atoms with Gasteiger partial charge in [-0.25, -0.2) is 4.79 Å². The lowest BCUT2D eigenvalue weighted by Gasteiger charge is -2.32. The number of carbonyl (C=O) groups is 1. The Morgan fingerprint density at radius 3 is 2.77 bits per heavy atom. The molecule has 2 N–H and O–H groups in total. The van der Waals surface area contributed by atoms with Crippen molar-refractivity contribution >= 4 is 22.5 Å². The van der Waals surface area contributed by atoms with Gasteiger partial charge >= 0.3 is 6.03 Å². The van der Waals surface area contributed by atoms with Gasteiger partial charge < -0.3 is 10.0 Å². The van der Waals surface area contributed by atoms with E-state index in [0.29, 0.717) is 24.1 Å². The number of unbranched alkanes of at least 4 members (excludes halogenated alkanes) is 2. The van der Waals surface area contributed by atoms with Gasteiger partial charge in [-0.1, -0.05) is 31.1 Å². The van der Waals surface area contributed by atoms with E-state index >= 15 is 0 Å². The van der Waals surface area contributed by atoms with E-state index in [2.05, 4.69) is 22.4 Å². The molecule has 124 valence electrons. The van der Waals surface area contributed by atoms with Crippen LogP contribution >= 0.6 is 11.3 Å². The van der Waals surface area contributed by atoms with Crippen molar-refractivity contribution in [3.05, 3.63) is 5.01 Å². The average molecular weight is 326 g/mol. The fraction of sp³-hybridized carbons (Fsp3) is 0.800. The lowest BCUT2D eigenvalue weighted by atomic mass is 9.92. The Bertz CT molecular complexity index is 470. The molecule has 0 bridgehead atoms. The predicted molar refractivity (Wildman–Crippen MR) is 88.1 cm³/mol. The van der Waals surface area contributed by atoms with Gasteiger partial charge in [0.1, 0.15) is 5.01 Å². The van der Waals surface area contributed by atoms with Crippen LogP contribution in [0.4, 0.5) is 9.93 Å². The van der Waals surface area contributed by atoms with Crippen molar-refractivity contribution in [3.63, 3.8) is 0 Å². The number of anilines is 1. The quantitative estimate of drug-likeness (QED) is 0.788. The molecule has 1 fully saturated rings. The summed E-state index contributed by atoms with van der Waals surface area (Å²) >= 11 is 1.46. The molecule has 2 heterocycles. The van der Waals surface area contributed by atoms with E-state index in [9.17, 15) is 9.90 Å². The first-order valence-electron chi connectivity index (χ1n) is 8.16. The zero-order valence-electron chi connectivity index (χ0n) is 13.4. The molecule has 0 saturated carbocycles. The van der Waals surface area contributed by atoms with E-state index in [4.69, 9.17) is 0 Å². The number of amides is 2. The SMILES string of the molecule is CCCCCc1nnc(NC(=O)N2CCC(C(C)O)CC2)s1. The third-order valence-corrected chi connectivity index (χ3v) is 5.08. The number of piperidine rings is 1. The van der Waals surface area contributed by atoms with E-state index in [1.165, 1.54) is 24.2 Å². The second-order valence-electron chi connectivity index (χ2n) is 5.95. The summed E-state index contributed by atoms with van der Waals surface area (Å²) in [6.45, 7) is 5.36. The Morgan fingerprint density at radius 2 is 2.14 bits per heavy atom. The van der Waals surface area contributed by atoms with Crippen LogP contribution in [-0.4, -0.2) is 45.4 Å². The maximum Gasteiger partial charge on any atom is 0.323 e. The van der Waals surface area contributed by atoms with Crippen LogP contribution in [0.5, 0.6) is 0 Å². The van der Waals surface area contributed by atoms with Crippen molar-refractivity contribution in [2.45, 2.75) is 58.5 Å². The van der Waals surface area contributed by atoms with Gasteiger partial charge in [0.25, 0.3) is 0 Å². The molecule has 1 aliphatic heterocycles. The number of aliphatic hydroxyl groups is 1. The zero-order chi connectivity index (χ0) is 15.9. The number of nitrogens with zero attached hydrogens (tertiary/aromatic N) is 3. The summed E-state index contributed by atoms with van der Waals surface area (Å²) in [5, 5.41) is 22.2. The summed E-state index contributed by atoms with van der Waals surface area (Å²) in [7, 11) is 0. The van der Waals surface area contributed by atoms with Gasteiger partial charge in [0, 0.05) is 19.5 Å². The summed E-state index contributed by atoms with van der Waals surface area (Å²) in [5.41, 5.74) is 0. The molecular formula is C15H26N4O2S. The molecule has 7 heteroatoms. The van der Waals surface area contributed by atoms with Crippen molar-refractivity contribution in [2.75, 3.05) is 18.4 Å². The lowest BCUT2D eigenvalue weighted by Crippen LogP contribution is -2.42. The van der Waals surface area contributed by atoms with Crippen LogP contribution in [0.25, 0.3) is 0 Å². The highest BCUT2D eigenvalue weighted by Crippen LogP contribution is 2.22. The predicted octanol–water partition coefficient (Wildman–Crippen LogP) is 2.90. The first kappa shape index (κ1) is 17.1. The van der Waals surface area contributed by atoms with Crippen molar-refractivity contribution in [1.29, 1.82) is 0 Å². The fourth-order valence-corrected chi connectivity index (χ4v) is 3.46. The Balaban J connectivity index is 1.77. The van der Waals surface area contributed by atoms with Crippen LogP contribution in [0.3, 0.4) is 0 Å². The Morgan fingerprint density at radius 1 is 1.41 bits per heavy atom. The number of aryl methyl sites for hydroxylation is 1. The number of hydrogen-bond donors (Lipinski definition) is 2. The monoisotopic (exact) mass is 326 g/mol. The van der Waals surface area contributed by atoms with Crippen molar-refractivity contribution in [3.8, 4) is 0 Å². The van der Waals surface area contributed by atoms with Crippen molar-refractivity contribution in [1.82, 2.24) is 15.1 Å². The Kier molecular flexibility index (Phi) is 6.57. The van der Waals surface area contributed by atoms with Crippen LogP contribution < -0.4 is 5.32 Å². The number of carbonyl (C=O) groups excluding carboxylic acids is 1. The standard InChI is InChI=1S/C15H26N4O2S/c1-3-4-5-6-13-17-18-14(22-13)16-15(21)19-9-7-12(8-10-19)11(2)20/h11-12,20H,3-10H2,1-2H3,(H,16,18,21). The topological polar surface area (TPSA) is 78.4 Å². The Hall–Kier alpha value is -1.21. The highest BCUT2D eigenvalue weighted by molar-refractivity contribution is 7.15. The van der Waals surface area contributed by atoms with Gasteiger partial charge in [-0.15, -0.1) is 10.2 Å². The Labute approximate surface area is 135 Å². The molecule has 2 amide bonds. The van der Waals surface area contributed by atoms with Crippen LogP contribution in [0.15, 0.2) is 0 Å². The van der Waals surface area contributed by atoms with Gasteiger partial charge in [-0.2, -0.15) is 0 Å². The third kappa shape index (κ3) is 4.91. The molecular weight excluding hydrogens is 300 g/mol. The molecule has 1 saturated heterocycles. The van der Waals surface area contributed by atoms with Crippen LogP contribution in [0.2, 0.25) is 0 Å². The minimum Gasteiger partial charge on any atom is -0.393 e. The van der Waals surface area contributed by atoms with Crippen molar-refractivity contribution < 1.29 is 9.90 Å². The second kappa shape index (κ2) is 8.43. The van der Waals surface area contributed by atoms with E-state index in [1.54, 1.807) is 4.90 Å². The van der Waals surface area contributed by atoms with Gasteiger partial charge in [-0.3, -0.25) is 5.32 Å². The summed E-state index contributed by atoms with van der Waals surface area (Å²) in [5.74, 6) is 0.302. The maximum atomic E-state index is 12.2. The molecule has 0 aromatic carbocycles. The minimum atomic E-state index is -0.293. The molecule has 22 heavy (non-hydrogen) atoms. The van der Waals surface area contributed by atoms with Gasteiger partial charge in [0.05, 0.1) is 6.10 Å². The third-order valence-electron chi connectivity index (χ3n) is 4.18. The van der Waals surface area contributed by atoms with Crippen LogP contribution in [0.1, 0.15) is 51.0 Å². The van der Waals surface area contributed by atoms with E-state index in [0.717, 1.165) is 30.7 Å². The molecule has 1 aromatic heterocycles. The van der Waals surface area contributed by atoms with Gasteiger partial charge in [0.2, 0.25) is 5.13 Å². The molecule has 0 radical (unpaired) electrons. The van der Waals surface area contributed by atoms with Crippen molar-refractivity contribution in [2.24, 2.45) is 5.92 Å². The number of hydrogen-bond acceptors (Lipinski definition) is 5. The van der Waals surface area contributed by atoms with E-state index in [1.807, 2.05) is 6.92 Å². The normalized spacial score (nSPS) is 17.5. The first-order chi connectivity index (χ1) is 10.6. The van der Waals surface area contributed by atoms with E-state index in [-0.39, 0.29) is 12.1 Å². The molecule has 6 nitrogen and oxygen atoms in total. The molecule has 1 atom stereocenters. The maximum absolute atomic E-state index is 12.2. The highest BCUT2D eigenvalue weighted by Gasteiger charge is 2.25. The first-order valence-corrected chi connectivity index (χ1v) is 8.98. The minimum absolute atomic E-state index is 0.111. The number of rotatable bonds is 6. The summed E-state index contributed by atoms with van der Waals surface area (Å²) in [6, 6.07) is -0.111. The molecule has 2 rings (SSSR count). The zero-order valence-corrected chi connectivity index (χ0v) is 14.2. The largest absolute Gasteiger partial charge is 0.393 e. The van der Waals surface area contributed by atoms with Gasteiger partial charge in [-0.05, 0) is 32.1 Å². The van der Waals surface area contributed by atoms with E-state index < -0.39 is 0 Å². The molecule has 1 aromatic rings. The molecule has 0 aliphatic carbocycles. The summed E-state index contributed by atoms with van der Waals surface area (Å²) in [4.78, 5) is 14.0. The highest BCUT2D eigenvalue weighted by atomic mass is 32.1. The van der Waals surface area contributed by atoms with Crippen LogP contribution in [-0.2, 0) is 6.42 Å². The summed E-state index contributed by atoms with van der Waals surface area (Å²) in [6.07, 6.45) is 5.84. The molecule has 1 unspecified atom stereocenters. The fourth-order valence-electron chi connectivity index (χ4n) is 2.69.